The van der Waals surface area contributed by atoms with E-state index in [9.17, 15) is 13.6 Å². The second-order valence-electron chi connectivity index (χ2n) is 6.56. The number of hydrogen-bond donors (Lipinski definition) is 1. The van der Waals surface area contributed by atoms with Crippen LogP contribution in [0.2, 0.25) is 0 Å². The van der Waals surface area contributed by atoms with E-state index in [1.807, 2.05) is 36.4 Å². The maximum atomic E-state index is 12.8. The van der Waals surface area contributed by atoms with Crippen LogP contribution < -0.4 is 5.32 Å². The quantitative estimate of drug-likeness (QED) is 0.858. The molecule has 3 rings (SSSR count). The average Bonchev–Trinajstić information content (AvgIpc) is 2.68. The summed E-state index contributed by atoms with van der Waals surface area (Å²) in [6.45, 7) is 0.298. The van der Waals surface area contributed by atoms with Crippen molar-refractivity contribution >= 4 is 5.91 Å². The van der Waals surface area contributed by atoms with Gasteiger partial charge in [-0.05, 0) is 48.1 Å². The van der Waals surface area contributed by atoms with Crippen LogP contribution in [-0.4, -0.2) is 37.1 Å². The number of nitrogens with one attached hydrogen (secondary N) is 1. The molecule has 0 bridgehead atoms. The van der Waals surface area contributed by atoms with E-state index >= 15 is 0 Å². The summed E-state index contributed by atoms with van der Waals surface area (Å²) in [5.74, 6) is -0.314. The molecule has 1 N–H and O–H groups in total. The molecule has 0 spiro atoms. The summed E-state index contributed by atoms with van der Waals surface area (Å²) in [6, 6.07) is 11.7. The molecule has 0 radical (unpaired) electrons. The molecular weight excluding hydrogens is 338 g/mol. The summed E-state index contributed by atoms with van der Waals surface area (Å²) in [5.41, 5.74) is 2.34. The summed E-state index contributed by atoms with van der Waals surface area (Å²) in [4.78, 5) is 16.8. The van der Waals surface area contributed by atoms with Crippen LogP contribution in [-0.2, 0) is 16.0 Å². The van der Waals surface area contributed by atoms with Crippen molar-refractivity contribution in [1.29, 1.82) is 0 Å². The fourth-order valence-corrected chi connectivity index (χ4v) is 3.46. The molecular formula is C20H22F2N2O2. The lowest BCUT2D eigenvalue weighted by molar-refractivity contribution is -0.137. The highest BCUT2D eigenvalue weighted by Crippen LogP contribution is 2.37. The summed E-state index contributed by atoms with van der Waals surface area (Å²) in [5, 5.41) is 2.42. The molecule has 26 heavy (non-hydrogen) atoms. The highest BCUT2D eigenvalue weighted by Gasteiger charge is 2.40. The molecule has 1 amide bonds. The Morgan fingerprint density at radius 1 is 1.15 bits per heavy atom. The van der Waals surface area contributed by atoms with Gasteiger partial charge >= 0.3 is 0 Å². The standard InChI is InChI=1S/C20H22F2N2O2/c21-18(22)14-24-19(25)20(7-11-26-12-8-20)13-16-3-1-2-4-17(16)15-5-9-23-10-6-15/h1-6,9-10,18H,7-8,11-14H2,(H,24,25). The molecule has 0 unspecified atom stereocenters. The van der Waals surface area contributed by atoms with Gasteiger partial charge in [0.25, 0.3) is 6.43 Å². The number of benzene rings is 1. The zero-order chi connectivity index (χ0) is 18.4. The van der Waals surface area contributed by atoms with Gasteiger partial charge < -0.3 is 10.1 Å². The van der Waals surface area contributed by atoms with E-state index in [2.05, 4.69) is 10.3 Å². The number of rotatable bonds is 6. The molecule has 0 atom stereocenters. The zero-order valence-corrected chi connectivity index (χ0v) is 14.5. The van der Waals surface area contributed by atoms with Crippen molar-refractivity contribution < 1.29 is 18.3 Å². The van der Waals surface area contributed by atoms with Crippen molar-refractivity contribution in [3.8, 4) is 11.1 Å². The maximum absolute atomic E-state index is 12.8. The Balaban J connectivity index is 1.89. The van der Waals surface area contributed by atoms with Crippen molar-refractivity contribution in [3.05, 3.63) is 54.4 Å². The maximum Gasteiger partial charge on any atom is 0.255 e. The Bertz CT molecular complexity index is 732. The molecule has 1 fully saturated rings. The number of halogens is 2. The molecule has 6 heteroatoms. The van der Waals surface area contributed by atoms with Gasteiger partial charge in [-0.2, -0.15) is 0 Å². The molecule has 4 nitrogen and oxygen atoms in total. The van der Waals surface area contributed by atoms with Gasteiger partial charge in [0.15, 0.2) is 0 Å². The van der Waals surface area contributed by atoms with E-state index in [4.69, 9.17) is 4.74 Å². The number of ether oxygens (including phenoxy) is 1. The number of aromatic nitrogens is 1. The lowest BCUT2D eigenvalue weighted by atomic mass is 9.73. The van der Waals surface area contributed by atoms with Crippen LogP contribution >= 0.6 is 0 Å². The molecule has 0 aliphatic carbocycles. The first-order chi connectivity index (χ1) is 12.6. The van der Waals surface area contributed by atoms with Crippen molar-refractivity contribution in [2.45, 2.75) is 25.7 Å². The summed E-state index contributed by atoms with van der Waals surface area (Å²) >= 11 is 0. The zero-order valence-electron chi connectivity index (χ0n) is 14.5. The first-order valence-corrected chi connectivity index (χ1v) is 8.73. The third-order valence-electron chi connectivity index (χ3n) is 4.89. The van der Waals surface area contributed by atoms with Crippen molar-refractivity contribution in [1.82, 2.24) is 10.3 Å². The molecule has 2 aromatic rings. The van der Waals surface area contributed by atoms with E-state index in [-0.39, 0.29) is 5.91 Å². The number of alkyl halides is 2. The summed E-state index contributed by atoms with van der Waals surface area (Å²) in [7, 11) is 0. The lowest BCUT2D eigenvalue weighted by Crippen LogP contribution is -2.47. The number of pyridine rings is 1. The van der Waals surface area contributed by atoms with Gasteiger partial charge in [0.1, 0.15) is 0 Å². The minimum atomic E-state index is -2.56. The molecule has 1 aliphatic rings. The fourth-order valence-electron chi connectivity index (χ4n) is 3.46. The van der Waals surface area contributed by atoms with Crippen LogP contribution in [0.3, 0.4) is 0 Å². The van der Waals surface area contributed by atoms with Crippen LogP contribution in [0.4, 0.5) is 8.78 Å². The third-order valence-corrected chi connectivity index (χ3v) is 4.89. The Kier molecular flexibility index (Phi) is 5.93. The van der Waals surface area contributed by atoms with Crippen LogP contribution in [0.25, 0.3) is 11.1 Å². The van der Waals surface area contributed by atoms with Crippen molar-refractivity contribution in [2.24, 2.45) is 5.41 Å². The van der Waals surface area contributed by atoms with Crippen LogP contribution in [0.15, 0.2) is 48.8 Å². The van der Waals surface area contributed by atoms with Crippen LogP contribution in [0, 0.1) is 5.41 Å². The first-order valence-electron chi connectivity index (χ1n) is 8.73. The van der Waals surface area contributed by atoms with Gasteiger partial charge in [-0.1, -0.05) is 24.3 Å². The Labute approximate surface area is 151 Å². The van der Waals surface area contributed by atoms with Crippen molar-refractivity contribution in [2.75, 3.05) is 19.8 Å². The Morgan fingerprint density at radius 2 is 1.85 bits per heavy atom. The van der Waals surface area contributed by atoms with Gasteiger partial charge in [0.05, 0.1) is 12.0 Å². The topological polar surface area (TPSA) is 51.2 Å². The number of hydrogen-bond acceptors (Lipinski definition) is 3. The predicted molar refractivity (Wildman–Crippen MR) is 94.9 cm³/mol. The highest BCUT2D eigenvalue weighted by molar-refractivity contribution is 5.83. The average molecular weight is 360 g/mol. The van der Waals surface area contributed by atoms with E-state index in [0.717, 1.165) is 16.7 Å². The number of amides is 1. The monoisotopic (exact) mass is 360 g/mol. The molecule has 1 aromatic carbocycles. The van der Waals surface area contributed by atoms with E-state index in [1.54, 1.807) is 12.4 Å². The molecule has 138 valence electrons. The van der Waals surface area contributed by atoms with E-state index in [1.165, 1.54) is 0 Å². The van der Waals surface area contributed by atoms with Crippen LogP contribution in [0.5, 0.6) is 0 Å². The number of carbonyl (C=O) groups is 1. The second kappa shape index (κ2) is 8.36. The highest BCUT2D eigenvalue weighted by atomic mass is 19.3. The SMILES string of the molecule is O=C(NCC(F)F)C1(Cc2ccccc2-c2ccncc2)CCOCC1. The van der Waals surface area contributed by atoms with Gasteiger partial charge in [-0.3, -0.25) is 9.78 Å². The molecule has 0 saturated carbocycles. The van der Waals surface area contributed by atoms with Gasteiger partial charge in [-0.25, -0.2) is 8.78 Å². The molecule has 1 saturated heterocycles. The Hall–Kier alpha value is -2.34. The number of nitrogens with zero attached hydrogens (tertiary/aromatic N) is 1. The predicted octanol–water partition coefficient (Wildman–Crippen LogP) is 3.47. The number of carbonyl (C=O) groups excluding carboxylic acids is 1. The Morgan fingerprint density at radius 3 is 2.54 bits per heavy atom. The van der Waals surface area contributed by atoms with Gasteiger partial charge in [-0.15, -0.1) is 0 Å². The normalized spacial score (nSPS) is 16.4. The molecule has 1 aliphatic heterocycles. The fraction of sp³-hybridized carbons (Fsp3) is 0.400. The third kappa shape index (κ3) is 4.25. The lowest BCUT2D eigenvalue weighted by Gasteiger charge is -2.36. The smallest absolute Gasteiger partial charge is 0.255 e. The van der Waals surface area contributed by atoms with Gasteiger partial charge in [0.2, 0.25) is 5.91 Å². The summed E-state index contributed by atoms with van der Waals surface area (Å²) < 4.78 is 30.5. The van der Waals surface area contributed by atoms with Crippen molar-refractivity contribution in [3.63, 3.8) is 0 Å². The first kappa shape index (κ1) is 18.5. The van der Waals surface area contributed by atoms with Crippen LogP contribution in [0.1, 0.15) is 18.4 Å². The molecule has 2 heterocycles. The second-order valence-corrected chi connectivity index (χ2v) is 6.56. The minimum absolute atomic E-state index is 0.314. The van der Waals surface area contributed by atoms with E-state index in [0.29, 0.717) is 32.5 Å². The van der Waals surface area contributed by atoms with E-state index < -0.39 is 18.4 Å². The van der Waals surface area contributed by atoms with Gasteiger partial charge in [0, 0.05) is 25.6 Å². The largest absolute Gasteiger partial charge is 0.381 e. The summed E-state index contributed by atoms with van der Waals surface area (Å²) in [6.07, 6.45) is 2.43. The minimum Gasteiger partial charge on any atom is -0.381 e. The molecule has 1 aromatic heterocycles.